The van der Waals surface area contributed by atoms with Crippen molar-refractivity contribution in [3.8, 4) is 5.75 Å². The van der Waals surface area contributed by atoms with E-state index in [0.29, 0.717) is 43.4 Å². The maximum atomic E-state index is 13.8. The second-order valence-electron chi connectivity index (χ2n) is 9.71. The Morgan fingerprint density at radius 3 is 2.39 bits per heavy atom. The molecular formula is C31H34IN3O6. The standard InChI is InChI=1S/C31H34IN3O6/c1-20-19-24(32)11-14-26(20)33-29(36)28(21(2)22-7-5-4-6-8-22)35-30(37)27(34-31(35)38)23-9-12-25(13-10-23)41-18-17-40-16-15-39-3/h4-14,19,21,27-28H,15-18H2,1-3H3,(H,33,36)(H,34,38)/t21-,27+,28?/m0/s1. The number of methoxy groups -OCH3 is 1. The normalized spacial score (nSPS) is 16.3. The molecule has 0 saturated carbocycles. The molecule has 0 spiro atoms. The van der Waals surface area contributed by atoms with Crippen LogP contribution in [0.5, 0.6) is 5.75 Å². The van der Waals surface area contributed by atoms with E-state index >= 15 is 0 Å². The fourth-order valence-electron chi connectivity index (χ4n) is 4.68. The third-order valence-electron chi connectivity index (χ3n) is 6.90. The van der Waals surface area contributed by atoms with Crippen LogP contribution in [0.4, 0.5) is 10.5 Å². The zero-order valence-corrected chi connectivity index (χ0v) is 25.4. The second-order valence-corrected chi connectivity index (χ2v) is 11.0. The SMILES string of the molecule is COCCOCCOc1ccc([C@H]2NC(=O)N(C(C(=O)Nc3ccc(I)cc3C)[C@@H](C)c3ccccc3)C2=O)cc1. The van der Waals surface area contributed by atoms with Gasteiger partial charge in [0.1, 0.15) is 24.4 Å². The van der Waals surface area contributed by atoms with Crippen LogP contribution in [0.3, 0.4) is 0 Å². The zero-order chi connectivity index (χ0) is 29.4. The molecular weight excluding hydrogens is 637 g/mol. The minimum Gasteiger partial charge on any atom is -0.491 e. The van der Waals surface area contributed by atoms with Crippen LogP contribution in [0.25, 0.3) is 0 Å². The summed E-state index contributed by atoms with van der Waals surface area (Å²) in [4.78, 5) is 41.9. The van der Waals surface area contributed by atoms with Gasteiger partial charge in [-0.15, -0.1) is 0 Å². The number of hydrogen-bond acceptors (Lipinski definition) is 6. The van der Waals surface area contributed by atoms with Gasteiger partial charge >= 0.3 is 6.03 Å². The topological polar surface area (TPSA) is 106 Å². The first-order chi connectivity index (χ1) is 19.8. The Bertz CT molecular complexity index is 1350. The van der Waals surface area contributed by atoms with Crippen LogP contribution in [0.2, 0.25) is 0 Å². The van der Waals surface area contributed by atoms with E-state index in [4.69, 9.17) is 14.2 Å². The first kappa shape index (κ1) is 30.5. The summed E-state index contributed by atoms with van der Waals surface area (Å²) in [5.41, 5.74) is 2.94. The molecule has 3 aromatic carbocycles. The number of nitrogens with zero attached hydrogens (tertiary/aromatic N) is 1. The highest BCUT2D eigenvalue weighted by atomic mass is 127. The molecule has 1 heterocycles. The van der Waals surface area contributed by atoms with E-state index in [9.17, 15) is 14.4 Å². The van der Waals surface area contributed by atoms with Gasteiger partial charge in [-0.05, 0) is 76.5 Å². The Morgan fingerprint density at radius 1 is 1.00 bits per heavy atom. The van der Waals surface area contributed by atoms with Gasteiger partial charge in [0.15, 0.2) is 0 Å². The highest BCUT2D eigenvalue weighted by Crippen LogP contribution is 2.32. The van der Waals surface area contributed by atoms with E-state index in [-0.39, 0.29) is 0 Å². The third-order valence-corrected chi connectivity index (χ3v) is 7.58. The molecule has 9 nitrogen and oxygen atoms in total. The van der Waals surface area contributed by atoms with Gasteiger partial charge in [-0.25, -0.2) is 9.69 Å². The predicted octanol–water partition coefficient (Wildman–Crippen LogP) is 5.05. The number of halogens is 1. The Kier molecular flexibility index (Phi) is 10.7. The molecule has 1 fully saturated rings. The van der Waals surface area contributed by atoms with E-state index in [1.165, 1.54) is 0 Å². The van der Waals surface area contributed by atoms with Crippen LogP contribution in [-0.4, -0.2) is 62.3 Å². The van der Waals surface area contributed by atoms with Gasteiger partial charge in [0.05, 0.1) is 19.8 Å². The minimum atomic E-state index is -1.07. The molecule has 4 rings (SSSR count). The van der Waals surface area contributed by atoms with Crippen LogP contribution >= 0.6 is 22.6 Å². The van der Waals surface area contributed by atoms with Crippen LogP contribution in [0, 0.1) is 10.5 Å². The first-order valence-electron chi connectivity index (χ1n) is 13.3. The molecule has 0 radical (unpaired) electrons. The number of rotatable bonds is 13. The fraction of sp³-hybridized carbons (Fsp3) is 0.323. The number of ether oxygens (including phenoxy) is 3. The minimum absolute atomic E-state index is 0.365. The molecule has 4 amide bonds. The van der Waals surface area contributed by atoms with Gasteiger partial charge in [-0.2, -0.15) is 0 Å². The molecule has 1 saturated heterocycles. The van der Waals surface area contributed by atoms with E-state index in [1.54, 1.807) is 31.4 Å². The van der Waals surface area contributed by atoms with Crippen molar-refractivity contribution >= 4 is 46.1 Å². The largest absolute Gasteiger partial charge is 0.491 e. The van der Waals surface area contributed by atoms with Crippen molar-refractivity contribution in [3.05, 3.63) is 93.1 Å². The van der Waals surface area contributed by atoms with Crippen molar-refractivity contribution in [2.24, 2.45) is 0 Å². The summed E-state index contributed by atoms with van der Waals surface area (Å²) in [5.74, 6) is -0.778. The quantitative estimate of drug-likeness (QED) is 0.150. The van der Waals surface area contributed by atoms with Crippen LogP contribution in [0.1, 0.15) is 35.6 Å². The summed E-state index contributed by atoms with van der Waals surface area (Å²) in [7, 11) is 1.61. The van der Waals surface area contributed by atoms with Crippen molar-refractivity contribution in [1.29, 1.82) is 0 Å². The van der Waals surface area contributed by atoms with Crippen LogP contribution < -0.4 is 15.4 Å². The van der Waals surface area contributed by atoms with Gasteiger partial charge in [0.2, 0.25) is 5.91 Å². The lowest BCUT2D eigenvalue weighted by atomic mass is 9.91. The van der Waals surface area contributed by atoms with Crippen LogP contribution in [0.15, 0.2) is 72.8 Å². The average molecular weight is 672 g/mol. The molecule has 0 bridgehead atoms. The highest BCUT2D eigenvalue weighted by Gasteiger charge is 2.47. The Hall–Kier alpha value is -3.48. The molecule has 216 valence electrons. The van der Waals surface area contributed by atoms with Gasteiger partial charge in [0.25, 0.3) is 5.91 Å². The summed E-state index contributed by atoms with van der Waals surface area (Å²) in [5, 5.41) is 5.72. The molecule has 0 aliphatic carbocycles. The predicted molar refractivity (Wildman–Crippen MR) is 164 cm³/mol. The maximum Gasteiger partial charge on any atom is 0.325 e. The molecule has 3 atom stereocenters. The van der Waals surface area contributed by atoms with Gasteiger partial charge in [-0.1, -0.05) is 49.4 Å². The van der Waals surface area contributed by atoms with Crippen LogP contribution in [-0.2, 0) is 19.1 Å². The Morgan fingerprint density at radius 2 is 1.71 bits per heavy atom. The summed E-state index contributed by atoms with van der Waals surface area (Å²) >= 11 is 2.21. The first-order valence-corrected chi connectivity index (χ1v) is 14.4. The smallest absolute Gasteiger partial charge is 0.325 e. The summed E-state index contributed by atoms with van der Waals surface area (Å²) in [6.45, 7) is 5.54. The maximum absolute atomic E-state index is 13.8. The molecule has 3 aromatic rings. The van der Waals surface area contributed by atoms with E-state index in [1.807, 2.05) is 62.4 Å². The molecule has 10 heteroatoms. The number of imide groups is 1. The van der Waals surface area contributed by atoms with Gasteiger partial charge in [0, 0.05) is 22.3 Å². The van der Waals surface area contributed by atoms with Crippen molar-refractivity contribution in [1.82, 2.24) is 10.2 Å². The van der Waals surface area contributed by atoms with Crippen molar-refractivity contribution in [3.63, 3.8) is 0 Å². The molecule has 1 unspecified atom stereocenters. The number of aryl methyl sites for hydroxylation is 1. The number of amides is 4. The average Bonchev–Trinajstić information content (AvgIpc) is 3.26. The molecule has 1 aliphatic heterocycles. The van der Waals surface area contributed by atoms with Gasteiger partial charge in [-0.3, -0.25) is 9.59 Å². The van der Waals surface area contributed by atoms with E-state index in [2.05, 4.69) is 33.2 Å². The number of nitrogens with one attached hydrogen (secondary N) is 2. The molecule has 2 N–H and O–H groups in total. The van der Waals surface area contributed by atoms with Crippen molar-refractivity contribution in [2.75, 3.05) is 38.9 Å². The van der Waals surface area contributed by atoms with E-state index < -0.39 is 35.8 Å². The fourth-order valence-corrected chi connectivity index (χ4v) is 5.33. The molecule has 1 aliphatic rings. The van der Waals surface area contributed by atoms with Crippen molar-refractivity contribution < 1.29 is 28.6 Å². The number of hydrogen-bond donors (Lipinski definition) is 2. The molecule has 41 heavy (non-hydrogen) atoms. The summed E-state index contributed by atoms with van der Waals surface area (Å²) in [6, 6.07) is 19.4. The zero-order valence-electron chi connectivity index (χ0n) is 23.3. The Balaban J connectivity index is 1.52. The summed E-state index contributed by atoms with van der Waals surface area (Å²) in [6.07, 6.45) is 0. The second kappa shape index (κ2) is 14.4. The number of anilines is 1. The van der Waals surface area contributed by atoms with Crippen molar-refractivity contribution in [2.45, 2.75) is 31.8 Å². The lowest BCUT2D eigenvalue weighted by Crippen LogP contribution is -2.50. The third kappa shape index (κ3) is 7.63. The Labute approximate surface area is 253 Å². The number of urea groups is 1. The highest BCUT2D eigenvalue weighted by molar-refractivity contribution is 14.1. The van der Waals surface area contributed by atoms with E-state index in [0.717, 1.165) is 19.6 Å². The summed E-state index contributed by atoms with van der Waals surface area (Å²) < 4.78 is 17.1. The lowest BCUT2D eigenvalue weighted by molar-refractivity contribution is -0.134. The number of carbonyl (C=O) groups is 3. The number of carbonyl (C=O) groups excluding carboxylic acids is 3. The lowest BCUT2D eigenvalue weighted by Gasteiger charge is -2.30. The van der Waals surface area contributed by atoms with Gasteiger partial charge < -0.3 is 24.8 Å². The monoisotopic (exact) mass is 671 g/mol. The molecule has 0 aromatic heterocycles. The number of benzene rings is 3.